The fraction of sp³-hybridized carbons (Fsp3) is 0.549. The van der Waals surface area contributed by atoms with Crippen LogP contribution in [0.3, 0.4) is 0 Å². The van der Waals surface area contributed by atoms with Crippen molar-refractivity contribution in [2.24, 2.45) is 28.6 Å². The van der Waals surface area contributed by atoms with Gasteiger partial charge in [-0.25, -0.2) is 0 Å². The van der Waals surface area contributed by atoms with Crippen molar-refractivity contribution >= 4 is 52.9 Å². The topological polar surface area (TPSA) is 276 Å². The highest BCUT2D eigenvalue weighted by atomic mass is 16.6. The molecular formula is C51H66N6O13. The predicted octanol–water partition coefficient (Wildman–Crippen LogP) is 1.14. The normalized spacial score (nSPS) is 27.1. The molecule has 9 atom stereocenters. The first-order chi connectivity index (χ1) is 33.4. The zero-order valence-electron chi connectivity index (χ0n) is 40.0. The number of benzene rings is 1. The zero-order chi connectivity index (χ0) is 50.6. The number of ketones is 2. The van der Waals surface area contributed by atoms with Gasteiger partial charge in [0, 0.05) is 48.3 Å². The van der Waals surface area contributed by atoms with Crippen LogP contribution in [0.15, 0.2) is 78.4 Å². The molecule has 0 bridgehead atoms. The van der Waals surface area contributed by atoms with Crippen LogP contribution in [0, 0.1) is 28.6 Å². The number of nitrogens with one attached hydrogen (secondary N) is 5. The lowest BCUT2D eigenvalue weighted by atomic mass is 9.46. The number of aliphatic hydroxyl groups is 2. The number of Topliss-reactive ketones (excluding diaryl/α,β-unsaturated/α-hetero) is 1. The summed E-state index contributed by atoms with van der Waals surface area (Å²) in [5, 5.41) is 35.4. The maximum Gasteiger partial charge on any atom is 0.253 e. The van der Waals surface area contributed by atoms with Crippen molar-refractivity contribution in [2.45, 2.75) is 109 Å². The second-order valence-corrected chi connectivity index (χ2v) is 19.2. The number of hydrogen-bond acceptors (Lipinski definition) is 13. The number of allylic oxidation sites excluding steroid dienone is 5. The van der Waals surface area contributed by atoms with Gasteiger partial charge in [-0.3, -0.25) is 48.1 Å². The number of nitrogens with zero attached hydrogens (tertiary/aromatic N) is 1. The summed E-state index contributed by atoms with van der Waals surface area (Å²) in [5.41, 5.74) is -1.47. The van der Waals surface area contributed by atoms with Gasteiger partial charge in [-0.1, -0.05) is 81.7 Å². The van der Waals surface area contributed by atoms with E-state index in [2.05, 4.69) is 33.5 Å². The van der Waals surface area contributed by atoms with Crippen LogP contribution in [0.1, 0.15) is 84.1 Å². The van der Waals surface area contributed by atoms with Crippen molar-refractivity contribution in [3.05, 3.63) is 84.0 Å². The number of unbranched alkanes of at least 4 members (excludes halogenated alkanes) is 2. The summed E-state index contributed by atoms with van der Waals surface area (Å²) in [5.74, 6) is -4.88. The number of carbonyl (C=O) groups is 9. The summed E-state index contributed by atoms with van der Waals surface area (Å²) in [6.07, 6.45) is 13.2. The Labute approximate surface area is 407 Å². The van der Waals surface area contributed by atoms with E-state index in [0.717, 1.165) is 10.5 Å². The third-order valence-corrected chi connectivity index (χ3v) is 14.4. The van der Waals surface area contributed by atoms with Crippen LogP contribution in [0.4, 0.5) is 0 Å². The molecule has 0 radical (unpaired) electrons. The van der Waals surface area contributed by atoms with Gasteiger partial charge >= 0.3 is 0 Å². The van der Waals surface area contributed by atoms with Crippen molar-refractivity contribution < 1.29 is 62.8 Å². The Morgan fingerprint density at radius 1 is 0.843 bits per heavy atom. The average molecular weight is 971 g/mol. The molecule has 2 saturated carbocycles. The standard InChI is InChI=1S/C51H66N6O13/c1-4-11-46(67)70-51(22-20-36-35-16-15-33-25-34(58)19-21-49(33,2)47(35)38(59)26-50(36,51)3)39(60)30-69-31-55-42(63)28-54-48(68)37(24-32-12-7-5-8-13-32)56-43(64)29-53-41(62)27-52-40(61)14-9-6-10-23-57-44(65)17-18-45(57)66/h5,7-8,12-13,17-22,25,35-38,46-47,59,67H,4,6,9-11,14-16,23-24,26-31H2,1-3H3,(H,52,61)(H,53,62)(H,54,68)(H,55,63)(H,56,64)/t35-,36-,37-,38-,46+,47+,49-,50-,51-/m0/s1. The molecule has 6 rings (SSSR count). The van der Waals surface area contributed by atoms with E-state index in [-0.39, 0.29) is 67.6 Å². The van der Waals surface area contributed by atoms with Crippen LogP contribution in [0.2, 0.25) is 0 Å². The second-order valence-electron chi connectivity index (χ2n) is 19.2. The molecule has 1 aromatic carbocycles. The monoisotopic (exact) mass is 970 g/mol. The van der Waals surface area contributed by atoms with E-state index in [0.29, 0.717) is 44.1 Å². The molecule has 1 heterocycles. The molecule has 19 heteroatoms. The molecule has 1 aliphatic heterocycles. The maximum absolute atomic E-state index is 14.4. The summed E-state index contributed by atoms with van der Waals surface area (Å²) in [4.78, 5) is 115. The molecule has 70 heavy (non-hydrogen) atoms. The summed E-state index contributed by atoms with van der Waals surface area (Å²) in [7, 11) is 0. The second kappa shape index (κ2) is 23.6. The van der Waals surface area contributed by atoms with Gasteiger partial charge in [0.25, 0.3) is 11.8 Å². The van der Waals surface area contributed by atoms with E-state index < -0.39 is 103 Å². The van der Waals surface area contributed by atoms with E-state index in [4.69, 9.17) is 9.47 Å². The van der Waals surface area contributed by atoms with Crippen LogP contribution >= 0.6 is 0 Å². The predicted molar refractivity (Wildman–Crippen MR) is 252 cm³/mol. The highest BCUT2D eigenvalue weighted by molar-refractivity contribution is 6.12. The van der Waals surface area contributed by atoms with Gasteiger partial charge in [0.15, 0.2) is 23.5 Å². The van der Waals surface area contributed by atoms with Gasteiger partial charge in [0.05, 0.1) is 25.7 Å². The Balaban J connectivity index is 0.952. The van der Waals surface area contributed by atoms with Gasteiger partial charge in [0.2, 0.25) is 29.5 Å². The zero-order valence-corrected chi connectivity index (χ0v) is 40.0. The van der Waals surface area contributed by atoms with E-state index in [1.54, 1.807) is 48.6 Å². The van der Waals surface area contributed by atoms with Gasteiger partial charge in [-0.15, -0.1) is 0 Å². The van der Waals surface area contributed by atoms with Crippen LogP contribution in [0.5, 0.6) is 0 Å². The summed E-state index contributed by atoms with van der Waals surface area (Å²) in [6, 6.07) is 7.66. The third kappa shape index (κ3) is 12.4. The lowest BCUT2D eigenvalue weighted by molar-refractivity contribution is -0.233. The number of imide groups is 1. The number of ether oxygens (including phenoxy) is 2. The van der Waals surface area contributed by atoms with E-state index in [9.17, 15) is 53.4 Å². The number of carbonyl (C=O) groups excluding carboxylic acids is 9. The third-order valence-electron chi connectivity index (χ3n) is 14.4. The first-order valence-electron chi connectivity index (χ1n) is 24.1. The van der Waals surface area contributed by atoms with Crippen molar-refractivity contribution in [3.63, 3.8) is 0 Å². The van der Waals surface area contributed by atoms with Gasteiger partial charge in [0.1, 0.15) is 19.4 Å². The minimum Gasteiger partial charge on any atom is -0.393 e. The van der Waals surface area contributed by atoms with E-state index in [1.807, 2.05) is 26.0 Å². The van der Waals surface area contributed by atoms with Gasteiger partial charge in [-0.2, -0.15) is 0 Å². The van der Waals surface area contributed by atoms with Crippen molar-refractivity contribution in [3.8, 4) is 0 Å². The smallest absolute Gasteiger partial charge is 0.253 e. The highest BCUT2D eigenvalue weighted by Gasteiger charge is 2.67. The SMILES string of the molecule is CCC[C@H](O)O[C@]1(C(=O)COCNC(=O)CNC(=O)[C@H](Cc2ccccc2)NC(=O)CNC(=O)CNC(=O)CCCCCN2C(=O)C=CC2=O)C=C[C@H]2[C@@H]3CCC4=CC(=O)C=C[C@]4(C)[C@H]3[C@@H](O)C[C@@]21C. The molecule has 0 spiro atoms. The van der Waals surface area contributed by atoms with Crippen molar-refractivity contribution in [1.29, 1.82) is 0 Å². The summed E-state index contributed by atoms with van der Waals surface area (Å²) >= 11 is 0. The Kier molecular flexibility index (Phi) is 18.0. The molecule has 2 fully saturated rings. The average Bonchev–Trinajstić information content (AvgIpc) is 3.81. The Morgan fingerprint density at radius 2 is 1.53 bits per heavy atom. The number of rotatable bonds is 25. The Morgan fingerprint density at radius 3 is 2.26 bits per heavy atom. The molecule has 7 amide bonds. The molecule has 0 unspecified atom stereocenters. The molecular weight excluding hydrogens is 905 g/mol. The largest absolute Gasteiger partial charge is 0.393 e. The molecule has 7 N–H and O–H groups in total. The number of amides is 7. The number of aliphatic hydroxyl groups excluding tert-OH is 2. The van der Waals surface area contributed by atoms with Crippen LogP contribution in [0.25, 0.3) is 0 Å². The maximum atomic E-state index is 14.4. The fourth-order valence-electron chi connectivity index (χ4n) is 10.9. The lowest BCUT2D eigenvalue weighted by Crippen LogP contribution is -2.63. The minimum atomic E-state index is -1.66. The van der Waals surface area contributed by atoms with E-state index >= 15 is 0 Å². The quantitative estimate of drug-likeness (QED) is 0.0314. The van der Waals surface area contributed by atoms with Crippen LogP contribution in [-0.2, 0) is 59.0 Å². The molecule has 0 saturated heterocycles. The fourth-order valence-corrected chi connectivity index (χ4v) is 10.9. The Hall–Kier alpha value is -6.15. The van der Waals surface area contributed by atoms with Crippen molar-refractivity contribution in [2.75, 3.05) is 39.5 Å². The molecule has 0 aromatic heterocycles. The Bertz CT molecular complexity index is 2280. The van der Waals surface area contributed by atoms with Gasteiger partial charge in [-0.05, 0) is 74.2 Å². The molecule has 1 aromatic rings. The summed E-state index contributed by atoms with van der Waals surface area (Å²) in [6.45, 7) is 3.74. The van der Waals surface area contributed by atoms with Gasteiger partial charge < -0.3 is 46.3 Å². The van der Waals surface area contributed by atoms with Crippen molar-refractivity contribution in [1.82, 2.24) is 31.5 Å². The lowest BCUT2D eigenvalue weighted by Gasteiger charge is -2.60. The molecule has 19 nitrogen and oxygen atoms in total. The highest BCUT2D eigenvalue weighted by Crippen LogP contribution is 2.66. The van der Waals surface area contributed by atoms with Crippen LogP contribution in [-0.4, -0.2) is 132 Å². The first-order valence-corrected chi connectivity index (χ1v) is 24.1. The molecule has 4 aliphatic carbocycles. The molecule has 378 valence electrons. The summed E-state index contributed by atoms with van der Waals surface area (Å²) < 4.78 is 12.0. The minimum absolute atomic E-state index is 0.0513. The molecule has 5 aliphatic rings. The van der Waals surface area contributed by atoms with Crippen LogP contribution < -0.4 is 26.6 Å². The number of hydrogen-bond donors (Lipinski definition) is 7. The van der Waals surface area contributed by atoms with E-state index in [1.165, 1.54) is 12.2 Å². The number of fused-ring (bicyclic) bond motifs is 5. The first kappa shape index (κ1) is 53.2.